The quantitative estimate of drug-likeness (QED) is 0.662. The van der Waals surface area contributed by atoms with Crippen molar-refractivity contribution < 1.29 is 9.53 Å². The molecule has 0 bridgehead atoms. The maximum atomic E-state index is 12.4. The lowest BCUT2D eigenvalue weighted by atomic mass is 9.87. The second-order valence-corrected chi connectivity index (χ2v) is 8.04. The first-order valence-corrected chi connectivity index (χ1v) is 9.84. The van der Waals surface area contributed by atoms with Crippen LogP contribution in [0, 0.1) is 6.92 Å². The number of hydrogen-bond acceptors (Lipinski definition) is 4. The SMILES string of the molecule is CCn1ncc(CNC(=O)c2ccn(COc3ccc(C(C)(C)C)cc3)n2)c1C. The summed E-state index contributed by atoms with van der Waals surface area (Å²) in [7, 11) is 0. The van der Waals surface area contributed by atoms with Crippen LogP contribution in [0.1, 0.15) is 55.0 Å². The summed E-state index contributed by atoms with van der Waals surface area (Å²) >= 11 is 0. The highest BCUT2D eigenvalue weighted by Crippen LogP contribution is 2.24. The van der Waals surface area contributed by atoms with Crippen molar-refractivity contribution in [1.82, 2.24) is 24.9 Å². The van der Waals surface area contributed by atoms with Crippen LogP contribution < -0.4 is 10.1 Å². The molecule has 1 amide bonds. The van der Waals surface area contributed by atoms with Crippen molar-refractivity contribution in [3.05, 3.63) is 65.2 Å². The van der Waals surface area contributed by atoms with Crippen molar-refractivity contribution in [2.75, 3.05) is 0 Å². The minimum absolute atomic E-state index is 0.108. The lowest BCUT2D eigenvalue weighted by Crippen LogP contribution is -2.24. The van der Waals surface area contributed by atoms with Gasteiger partial charge in [-0.2, -0.15) is 10.2 Å². The number of hydrogen-bond donors (Lipinski definition) is 1. The Bertz CT molecular complexity index is 964. The topological polar surface area (TPSA) is 74.0 Å². The van der Waals surface area contributed by atoms with Crippen molar-refractivity contribution in [2.45, 2.75) is 59.9 Å². The third-order valence-corrected chi connectivity index (χ3v) is 4.90. The van der Waals surface area contributed by atoms with Crippen LogP contribution in [-0.4, -0.2) is 25.5 Å². The molecule has 0 saturated carbocycles. The molecule has 0 fully saturated rings. The predicted molar refractivity (Wildman–Crippen MR) is 112 cm³/mol. The van der Waals surface area contributed by atoms with Crippen LogP contribution in [0.2, 0.25) is 0 Å². The highest BCUT2D eigenvalue weighted by molar-refractivity contribution is 5.92. The maximum absolute atomic E-state index is 12.4. The van der Waals surface area contributed by atoms with E-state index in [-0.39, 0.29) is 18.1 Å². The van der Waals surface area contributed by atoms with Crippen molar-refractivity contribution in [2.24, 2.45) is 0 Å². The van der Waals surface area contributed by atoms with E-state index in [0.29, 0.717) is 12.2 Å². The molecule has 0 aliphatic rings. The van der Waals surface area contributed by atoms with Crippen molar-refractivity contribution in [3.63, 3.8) is 0 Å². The first kappa shape index (κ1) is 20.6. The largest absolute Gasteiger partial charge is 0.471 e. The second kappa shape index (κ2) is 8.51. The van der Waals surface area contributed by atoms with Gasteiger partial charge in [-0.15, -0.1) is 0 Å². The summed E-state index contributed by atoms with van der Waals surface area (Å²) in [6.45, 7) is 12.0. The Hall–Kier alpha value is -3.09. The number of ether oxygens (including phenoxy) is 1. The van der Waals surface area contributed by atoms with Gasteiger partial charge in [0, 0.05) is 30.5 Å². The lowest BCUT2D eigenvalue weighted by Gasteiger charge is -2.19. The summed E-state index contributed by atoms with van der Waals surface area (Å²) in [4.78, 5) is 12.4. The Labute approximate surface area is 171 Å². The highest BCUT2D eigenvalue weighted by Gasteiger charge is 2.14. The van der Waals surface area contributed by atoms with E-state index >= 15 is 0 Å². The fraction of sp³-hybridized carbons (Fsp3) is 0.409. The van der Waals surface area contributed by atoms with Crippen molar-refractivity contribution in [1.29, 1.82) is 0 Å². The van der Waals surface area contributed by atoms with E-state index in [2.05, 4.69) is 48.4 Å². The summed E-state index contributed by atoms with van der Waals surface area (Å²) in [5.74, 6) is 0.546. The Morgan fingerprint density at radius 1 is 1.17 bits per heavy atom. The van der Waals surface area contributed by atoms with Crippen LogP contribution in [0.15, 0.2) is 42.7 Å². The van der Waals surface area contributed by atoms with Gasteiger partial charge in [0.1, 0.15) is 11.4 Å². The molecule has 0 aliphatic heterocycles. The molecule has 3 aromatic rings. The average molecular weight is 396 g/mol. The van der Waals surface area contributed by atoms with E-state index in [1.165, 1.54) is 5.56 Å². The molecule has 2 aromatic heterocycles. The van der Waals surface area contributed by atoms with E-state index in [1.54, 1.807) is 23.1 Å². The Kier molecular flexibility index (Phi) is 6.06. The number of benzene rings is 1. The number of amides is 1. The first-order valence-electron chi connectivity index (χ1n) is 9.84. The van der Waals surface area contributed by atoms with Crippen molar-refractivity contribution >= 4 is 5.91 Å². The average Bonchev–Trinajstić information content (AvgIpc) is 3.31. The molecule has 0 unspecified atom stereocenters. The van der Waals surface area contributed by atoms with Crippen LogP contribution in [0.25, 0.3) is 0 Å². The van der Waals surface area contributed by atoms with Gasteiger partial charge in [-0.25, -0.2) is 4.68 Å². The summed E-state index contributed by atoms with van der Waals surface area (Å²) in [5, 5.41) is 11.5. The molecule has 2 heterocycles. The number of aryl methyl sites for hydroxylation is 1. The Morgan fingerprint density at radius 2 is 1.90 bits per heavy atom. The Balaban J connectivity index is 1.53. The monoisotopic (exact) mass is 395 g/mol. The highest BCUT2D eigenvalue weighted by atomic mass is 16.5. The fourth-order valence-corrected chi connectivity index (χ4v) is 2.99. The zero-order valence-electron chi connectivity index (χ0n) is 17.8. The molecule has 0 aliphatic carbocycles. The van der Waals surface area contributed by atoms with Crippen LogP contribution in [0.4, 0.5) is 0 Å². The number of aromatic nitrogens is 4. The van der Waals surface area contributed by atoms with E-state index in [9.17, 15) is 4.79 Å². The molecule has 1 aromatic carbocycles. The van der Waals surface area contributed by atoms with E-state index in [1.807, 2.05) is 30.7 Å². The summed E-state index contributed by atoms with van der Waals surface area (Å²) in [5.41, 5.74) is 3.78. The normalized spacial score (nSPS) is 11.5. The molecule has 0 spiro atoms. The third kappa shape index (κ3) is 5.04. The lowest BCUT2D eigenvalue weighted by molar-refractivity contribution is 0.0944. The van der Waals surface area contributed by atoms with Gasteiger partial charge in [0.25, 0.3) is 5.91 Å². The van der Waals surface area contributed by atoms with Gasteiger partial charge in [-0.05, 0) is 43.0 Å². The van der Waals surface area contributed by atoms with Crippen LogP contribution in [0.5, 0.6) is 5.75 Å². The van der Waals surface area contributed by atoms with Gasteiger partial charge in [-0.1, -0.05) is 32.9 Å². The van der Waals surface area contributed by atoms with Gasteiger partial charge in [0.05, 0.1) is 6.20 Å². The zero-order chi connectivity index (χ0) is 21.0. The molecule has 3 rings (SSSR count). The number of nitrogens with zero attached hydrogens (tertiary/aromatic N) is 4. The van der Waals surface area contributed by atoms with Gasteiger partial charge in [-0.3, -0.25) is 9.48 Å². The number of rotatable bonds is 7. The van der Waals surface area contributed by atoms with Gasteiger partial charge in [0.2, 0.25) is 0 Å². The Morgan fingerprint density at radius 3 is 2.52 bits per heavy atom. The van der Waals surface area contributed by atoms with Crippen LogP contribution in [-0.2, 0) is 25.2 Å². The minimum Gasteiger partial charge on any atom is -0.471 e. The van der Waals surface area contributed by atoms with Gasteiger partial charge >= 0.3 is 0 Å². The van der Waals surface area contributed by atoms with Gasteiger partial charge < -0.3 is 10.1 Å². The van der Waals surface area contributed by atoms with Crippen LogP contribution >= 0.6 is 0 Å². The standard InChI is InChI=1S/C22H29N5O2/c1-6-27-16(2)17(14-24-27)13-23-21(28)20-11-12-26(25-20)15-29-19-9-7-18(8-10-19)22(3,4)5/h7-12,14H,6,13,15H2,1-5H3,(H,23,28). The predicted octanol–water partition coefficient (Wildman–Crippen LogP) is 3.67. The molecular formula is C22H29N5O2. The number of nitrogens with one attached hydrogen (secondary N) is 1. The summed E-state index contributed by atoms with van der Waals surface area (Å²) in [6.07, 6.45) is 3.52. The van der Waals surface area contributed by atoms with Gasteiger partial charge in [0.15, 0.2) is 6.73 Å². The third-order valence-electron chi connectivity index (χ3n) is 4.90. The van der Waals surface area contributed by atoms with E-state index in [0.717, 1.165) is 23.6 Å². The molecule has 7 nitrogen and oxygen atoms in total. The minimum atomic E-state index is -0.220. The molecule has 29 heavy (non-hydrogen) atoms. The molecule has 0 saturated heterocycles. The molecule has 154 valence electrons. The van der Waals surface area contributed by atoms with Crippen molar-refractivity contribution in [3.8, 4) is 5.75 Å². The molecule has 0 atom stereocenters. The summed E-state index contributed by atoms with van der Waals surface area (Å²) in [6, 6.07) is 9.73. The molecular weight excluding hydrogens is 366 g/mol. The van der Waals surface area contributed by atoms with E-state index in [4.69, 9.17) is 4.74 Å². The zero-order valence-corrected chi connectivity index (χ0v) is 17.8. The number of carbonyl (C=O) groups is 1. The molecule has 0 radical (unpaired) electrons. The summed E-state index contributed by atoms with van der Waals surface area (Å²) < 4.78 is 9.28. The molecule has 1 N–H and O–H groups in total. The van der Waals surface area contributed by atoms with Crippen LogP contribution in [0.3, 0.4) is 0 Å². The number of carbonyl (C=O) groups excluding carboxylic acids is 1. The second-order valence-electron chi connectivity index (χ2n) is 8.04. The smallest absolute Gasteiger partial charge is 0.272 e. The first-order chi connectivity index (χ1) is 13.8. The molecule has 7 heteroatoms. The fourth-order valence-electron chi connectivity index (χ4n) is 2.99. The maximum Gasteiger partial charge on any atom is 0.272 e. The van der Waals surface area contributed by atoms with E-state index < -0.39 is 0 Å².